The molecule has 0 atom stereocenters. The molecule has 2 rings (SSSR count). The molecule has 1 aromatic carbocycles. The third-order valence-corrected chi connectivity index (χ3v) is 2.31. The van der Waals surface area contributed by atoms with Crippen molar-refractivity contribution in [1.29, 1.82) is 0 Å². The standard InChI is InChI=1S/C15H15NO/c1-12-10-14(11-13(2)17-12)8-9-16-15-6-4-3-5-7-15/h3-11H,1-2H3. The number of hydrogen-bond acceptors (Lipinski definition) is 2. The zero-order valence-corrected chi connectivity index (χ0v) is 10.1. The third-order valence-electron chi connectivity index (χ3n) is 2.31. The molecule has 0 radical (unpaired) electrons. The molecule has 1 aromatic rings. The van der Waals surface area contributed by atoms with E-state index in [-0.39, 0.29) is 0 Å². The molecule has 0 saturated heterocycles. The zero-order valence-electron chi connectivity index (χ0n) is 10.1. The van der Waals surface area contributed by atoms with Crippen molar-refractivity contribution in [3.8, 4) is 0 Å². The van der Waals surface area contributed by atoms with E-state index in [9.17, 15) is 0 Å². The number of benzene rings is 1. The Balaban J connectivity index is 2.11. The fourth-order valence-electron chi connectivity index (χ4n) is 1.64. The minimum Gasteiger partial charge on any atom is -0.467 e. The first-order valence-corrected chi connectivity index (χ1v) is 5.58. The van der Waals surface area contributed by atoms with Crippen LogP contribution >= 0.6 is 0 Å². The topological polar surface area (TPSA) is 21.6 Å². The lowest BCUT2D eigenvalue weighted by Crippen LogP contribution is -1.93. The highest BCUT2D eigenvalue weighted by Crippen LogP contribution is 2.17. The van der Waals surface area contributed by atoms with Gasteiger partial charge in [-0.25, -0.2) is 0 Å². The Hall–Kier alpha value is -2.09. The van der Waals surface area contributed by atoms with Crippen LogP contribution in [0.1, 0.15) is 13.8 Å². The molecule has 17 heavy (non-hydrogen) atoms. The summed E-state index contributed by atoms with van der Waals surface area (Å²) in [5, 5.41) is 0. The van der Waals surface area contributed by atoms with Crippen LogP contribution in [0.4, 0.5) is 5.69 Å². The predicted molar refractivity (Wildman–Crippen MR) is 71.3 cm³/mol. The molecule has 0 spiro atoms. The summed E-state index contributed by atoms with van der Waals surface area (Å²) < 4.78 is 5.42. The summed E-state index contributed by atoms with van der Waals surface area (Å²) in [7, 11) is 0. The number of rotatable bonds is 2. The molecule has 0 amide bonds. The van der Waals surface area contributed by atoms with Gasteiger partial charge in [-0.15, -0.1) is 0 Å². The summed E-state index contributed by atoms with van der Waals surface area (Å²) in [5.41, 5.74) is 2.06. The Bertz CT molecular complexity index is 487. The van der Waals surface area contributed by atoms with Crippen molar-refractivity contribution in [2.24, 2.45) is 4.99 Å². The molecule has 0 fully saturated rings. The Kier molecular flexibility index (Phi) is 3.55. The van der Waals surface area contributed by atoms with E-state index in [1.54, 1.807) is 0 Å². The minimum atomic E-state index is 0.907. The van der Waals surface area contributed by atoms with Gasteiger partial charge in [0, 0.05) is 6.21 Å². The second-order valence-electron chi connectivity index (χ2n) is 3.89. The molecular formula is C15H15NO. The van der Waals surface area contributed by atoms with Crippen molar-refractivity contribution in [3.63, 3.8) is 0 Å². The lowest BCUT2D eigenvalue weighted by Gasteiger charge is -2.11. The van der Waals surface area contributed by atoms with E-state index in [4.69, 9.17) is 4.74 Å². The van der Waals surface area contributed by atoms with Crippen LogP contribution in [-0.4, -0.2) is 6.21 Å². The van der Waals surface area contributed by atoms with Gasteiger partial charge in [0.05, 0.1) is 5.69 Å². The van der Waals surface area contributed by atoms with Gasteiger partial charge in [-0.2, -0.15) is 0 Å². The van der Waals surface area contributed by atoms with E-state index in [1.807, 2.05) is 68.6 Å². The van der Waals surface area contributed by atoms with Gasteiger partial charge in [0.15, 0.2) is 0 Å². The Morgan fingerprint density at radius 2 is 1.65 bits per heavy atom. The highest BCUT2D eigenvalue weighted by molar-refractivity contribution is 5.77. The van der Waals surface area contributed by atoms with Crippen LogP contribution in [0.5, 0.6) is 0 Å². The summed E-state index contributed by atoms with van der Waals surface area (Å²) >= 11 is 0. The molecule has 0 aromatic heterocycles. The van der Waals surface area contributed by atoms with Crippen molar-refractivity contribution >= 4 is 11.9 Å². The maximum atomic E-state index is 5.42. The van der Waals surface area contributed by atoms with Gasteiger partial charge >= 0.3 is 0 Å². The molecule has 0 bridgehead atoms. The molecule has 1 aliphatic heterocycles. The fraction of sp³-hybridized carbons (Fsp3) is 0.133. The Morgan fingerprint density at radius 3 is 2.29 bits per heavy atom. The van der Waals surface area contributed by atoms with Crippen molar-refractivity contribution in [2.45, 2.75) is 13.8 Å². The molecule has 0 aliphatic carbocycles. The quantitative estimate of drug-likeness (QED) is 0.693. The molecule has 0 N–H and O–H groups in total. The number of aliphatic imine (C=N–C) groups is 1. The summed E-state index contributed by atoms with van der Waals surface area (Å²) in [6.07, 6.45) is 7.76. The van der Waals surface area contributed by atoms with Crippen LogP contribution in [0.2, 0.25) is 0 Å². The molecule has 1 heterocycles. The average Bonchev–Trinajstić information content (AvgIpc) is 2.29. The van der Waals surface area contributed by atoms with Gasteiger partial charge in [0.1, 0.15) is 11.5 Å². The first-order valence-electron chi connectivity index (χ1n) is 5.58. The molecule has 2 nitrogen and oxygen atoms in total. The lowest BCUT2D eigenvalue weighted by molar-refractivity contribution is 0.304. The maximum absolute atomic E-state index is 5.42. The minimum absolute atomic E-state index is 0.907. The van der Waals surface area contributed by atoms with Crippen LogP contribution in [0.25, 0.3) is 0 Å². The van der Waals surface area contributed by atoms with E-state index in [0.29, 0.717) is 0 Å². The van der Waals surface area contributed by atoms with Crippen molar-refractivity contribution in [1.82, 2.24) is 0 Å². The van der Waals surface area contributed by atoms with Gasteiger partial charge in [-0.05, 0) is 49.8 Å². The maximum Gasteiger partial charge on any atom is 0.101 e. The first-order chi connectivity index (χ1) is 8.24. The normalized spacial score (nSPS) is 15.3. The largest absolute Gasteiger partial charge is 0.467 e. The molecule has 0 unspecified atom stereocenters. The Labute approximate surface area is 102 Å². The number of allylic oxidation sites excluding steroid dienone is 6. The van der Waals surface area contributed by atoms with Gasteiger partial charge in [0.25, 0.3) is 0 Å². The van der Waals surface area contributed by atoms with Crippen LogP contribution in [0.15, 0.2) is 70.6 Å². The summed E-state index contributed by atoms with van der Waals surface area (Å²) in [6.45, 7) is 3.89. The van der Waals surface area contributed by atoms with Crippen LogP contribution < -0.4 is 0 Å². The highest BCUT2D eigenvalue weighted by atomic mass is 16.5. The molecular weight excluding hydrogens is 210 g/mol. The molecule has 86 valence electrons. The van der Waals surface area contributed by atoms with E-state index >= 15 is 0 Å². The van der Waals surface area contributed by atoms with Crippen LogP contribution in [-0.2, 0) is 4.74 Å². The van der Waals surface area contributed by atoms with Crippen molar-refractivity contribution in [2.75, 3.05) is 0 Å². The molecule has 1 aliphatic rings. The molecule has 0 saturated carbocycles. The van der Waals surface area contributed by atoms with E-state index < -0.39 is 0 Å². The SMILES string of the molecule is CC1=CC(=CC=Nc2ccccc2)C=C(C)O1. The van der Waals surface area contributed by atoms with E-state index in [1.165, 1.54) is 0 Å². The monoisotopic (exact) mass is 225 g/mol. The van der Waals surface area contributed by atoms with Gasteiger partial charge in [-0.3, -0.25) is 4.99 Å². The smallest absolute Gasteiger partial charge is 0.101 e. The lowest BCUT2D eigenvalue weighted by atomic mass is 10.1. The first kappa shape index (κ1) is 11.4. The average molecular weight is 225 g/mol. The second-order valence-corrected chi connectivity index (χ2v) is 3.89. The second kappa shape index (κ2) is 5.30. The summed E-state index contributed by atoms with van der Waals surface area (Å²) in [6, 6.07) is 9.88. The fourth-order valence-corrected chi connectivity index (χ4v) is 1.64. The van der Waals surface area contributed by atoms with Gasteiger partial charge in [0.2, 0.25) is 0 Å². The Morgan fingerprint density at radius 1 is 1.00 bits per heavy atom. The van der Waals surface area contributed by atoms with Crippen LogP contribution in [0.3, 0.4) is 0 Å². The van der Waals surface area contributed by atoms with Crippen molar-refractivity contribution in [3.05, 3.63) is 65.7 Å². The third kappa shape index (κ3) is 3.45. The summed E-state index contributed by atoms with van der Waals surface area (Å²) in [5.74, 6) is 1.81. The van der Waals surface area contributed by atoms with E-state index in [2.05, 4.69) is 4.99 Å². The van der Waals surface area contributed by atoms with Crippen molar-refractivity contribution < 1.29 is 4.74 Å². The summed E-state index contributed by atoms with van der Waals surface area (Å²) in [4.78, 5) is 4.35. The highest BCUT2D eigenvalue weighted by Gasteiger charge is 2.02. The zero-order chi connectivity index (χ0) is 12.1. The van der Waals surface area contributed by atoms with E-state index in [0.717, 1.165) is 22.8 Å². The van der Waals surface area contributed by atoms with Gasteiger partial charge in [-0.1, -0.05) is 18.2 Å². The predicted octanol–water partition coefficient (Wildman–Crippen LogP) is 4.15. The number of para-hydroxylation sites is 1. The molecule has 2 heteroatoms. The number of ether oxygens (including phenoxy) is 1. The van der Waals surface area contributed by atoms with Crippen LogP contribution in [0, 0.1) is 0 Å². The number of hydrogen-bond donors (Lipinski definition) is 0. The van der Waals surface area contributed by atoms with Gasteiger partial charge < -0.3 is 4.74 Å². The number of nitrogens with zero attached hydrogens (tertiary/aromatic N) is 1.